The third kappa shape index (κ3) is 4.73. The van der Waals surface area contributed by atoms with Crippen LogP contribution in [0.5, 0.6) is 5.75 Å². The minimum Gasteiger partial charge on any atom is -0.492 e. The zero-order valence-corrected chi connectivity index (χ0v) is 20.3. The fourth-order valence-corrected chi connectivity index (χ4v) is 5.84. The molecule has 1 saturated heterocycles. The van der Waals surface area contributed by atoms with Crippen LogP contribution in [0.2, 0.25) is 0 Å². The van der Waals surface area contributed by atoms with Gasteiger partial charge in [-0.1, -0.05) is 24.3 Å². The maximum absolute atomic E-state index is 12.2. The number of allylic oxidation sites excluding steroid dienone is 1. The molecule has 4 aliphatic rings. The Bertz CT molecular complexity index is 1190. The number of ether oxygens (including phenoxy) is 2. The van der Waals surface area contributed by atoms with Crippen LogP contribution >= 0.6 is 0 Å². The van der Waals surface area contributed by atoms with Crippen molar-refractivity contribution < 1.29 is 14.3 Å². The van der Waals surface area contributed by atoms with E-state index in [4.69, 9.17) is 25.2 Å². The summed E-state index contributed by atoms with van der Waals surface area (Å²) >= 11 is 0. The van der Waals surface area contributed by atoms with E-state index in [-0.39, 0.29) is 29.7 Å². The third-order valence-corrected chi connectivity index (χ3v) is 7.64. The first-order valence-electron chi connectivity index (χ1n) is 12.8. The maximum Gasteiger partial charge on any atom is 0.223 e. The van der Waals surface area contributed by atoms with Crippen molar-refractivity contribution in [2.45, 2.75) is 25.3 Å². The zero-order chi connectivity index (χ0) is 24.5. The number of carbonyl (C=O) groups excluding carboxylic acids is 1. The lowest BCUT2D eigenvalue weighted by molar-refractivity contribution is -0.122. The Morgan fingerprint density at radius 3 is 2.92 bits per heavy atom. The van der Waals surface area contributed by atoms with Crippen LogP contribution in [0.15, 0.2) is 41.4 Å². The molecule has 2 aliphatic heterocycles. The van der Waals surface area contributed by atoms with Crippen LogP contribution < -0.4 is 15.8 Å². The van der Waals surface area contributed by atoms with Gasteiger partial charge in [-0.25, -0.2) is 9.97 Å². The van der Waals surface area contributed by atoms with Crippen molar-refractivity contribution in [3.05, 3.63) is 53.5 Å². The molecule has 2 bridgehead atoms. The second-order valence-electron chi connectivity index (χ2n) is 9.97. The van der Waals surface area contributed by atoms with Gasteiger partial charge in [-0.15, -0.1) is 0 Å². The number of benzene rings is 1. The second-order valence-corrected chi connectivity index (χ2v) is 9.97. The largest absolute Gasteiger partial charge is 0.492 e. The summed E-state index contributed by atoms with van der Waals surface area (Å²) < 4.78 is 11.4. The summed E-state index contributed by atoms with van der Waals surface area (Å²) in [6, 6.07) is 8.05. The topological polar surface area (TPSA) is 115 Å². The second kappa shape index (κ2) is 9.99. The Morgan fingerprint density at radius 1 is 1.19 bits per heavy atom. The van der Waals surface area contributed by atoms with Gasteiger partial charge in [0.2, 0.25) is 5.91 Å². The van der Waals surface area contributed by atoms with Crippen molar-refractivity contribution in [3.63, 3.8) is 0 Å². The van der Waals surface area contributed by atoms with Crippen LogP contribution in [0.4, 0.5) is 11.5 Å². The van der Waals surface area contributed by atoms with Gasteiger partial charge in [-0.3, -0.25) is 14.7 Å². The van der Waals surface area contributed by atoms with Crippen molar-refractivity contribution in [2.24, 2.45) is 28.5 Å². The summed E-state index contributed by atoms with van der Waals surface area (Å²) in [6.45, 7) is 5.03. The quantitative estimate of drug-likeness (QED) is 0.520. The number of hydrogen-bond donors (Lipinski definition) is 2. The molecule has 0 radical (unpaired) electrons. The standard InChI is InChI=1S/C27H32N6O3/c28-26(34)23-18-4-5-19(16-18)24(23)32-27-25-21(6-7-29-25)30-22(31-27)15-17-2-1-3-20(14-17)36-13-10-33-8-11-35-12-9-33/h1-5,7,14,18-19,23-24H,6,8-13,15-16H2,(H2,28,34)(H,30,31,32)/t18-,19+,23+,24-/m1/s1. The number of fused-ring (bicyclic) bond motifs is 3. The molecule has 3 N–H and O–H groups in total. The number of primary amides is 1. The SMILES string of the molecule is NC(=O)[C@@H]1[C@H](Nc2nc(Cc3cccc(OCCN4CCOCC4)c3)nc3c2N=CC3)[C@H]2C=C[C@@H]1C2. The van der Waals surface area contributed by atoms with Crippen LogP contribution in [0.1, 0.15) is 23.5 Å². The normalized spacial score (nSPS) is 26.3. The van der Waals surface area contributed by atoms with Crippen molar-refractivity contribution in [3.8, 4) is 5.75 Å². The molecule has 9 heteroatoms. The highest BCUT2D eigenvalue weighted by atomic mass is 16.5. The molecule has 9 nitrogen and oxygen atoms in total. The van der Waals surface area contributed by atoms with E-state index in [0.29, 0.717) is 25.3 Å². The third-order valence-electron chi connectivity index (χ3n) is 7.64. The number of nitrogens with one attached hydrogen (secondary N) is 1. The molecule has 1 aromatic heterocycles. The van der Waals surface area contributed by atoms with Gasteiger partial charge in [0.1, 0.15) is 23.9 Å². The number of morpholine rings is 1. The lowest BCUT2D eigenvalue weighted by Gasteiger charge is -2.27. The summed E-state index contributed by atoms with van der Waals surface area (Å²) in [4.78, 5) is 28.7. The number of amides is 1. The number of nitrogens with zero attached hydrogens (tertiary/aromatic N) is 4. The van der Waals surface area contributed by atoms with Gasteiger partial charge in [0.25, 0.3) is 0 Å². The van der Waals surface area contributed by atoms with Gasteiger partial charge >= 0.3 is 0 Å². The Hall–Kier alpha value is -3.30. The number of rotatable bonds is 9. The van der Waals surface area contributed by atoms with E-state index in [1.54, 1.807) is 0 Å². The highest BCUT2D eigenvalue weighted by molar-refractivity contribution is 5.82. The molecule has 1 amide bonds. The van der Waals surface area contributed by atoms with Crippen molar-refractivity contribution in [2.75, 3.05) is 44.8 Å². The molecule has 3 heterocycles. The molecule has 6 rings (SSSR count). The smallest absolute Gasteiger partial charge is 0.223 e. The molecule has 1 aromatic carbocycles. The average molecular weight is 489 g/mol. The van der Waals surface area contributed by atoms with Crippen LogP contribution in [0.3, 0.4) is 0 Å². The first-order valence-corrected chi connectivity index (χ1v) is 12.8. The van der Waals surface area contributed by atoms with E-state index in [1.165, 1.54) is 0 Å². The molecule has 4 atom stereocenters. The summed E-state index contributed by atoms with van der Waals surface area (Å²) in [6.07, 6.45) is 8.40. The first kappa shape index (κ1) is 23.1. The van der Waals surface area contributed by atoms with Crippen LogP contribution in [-0.2, 0) is 22.4 Å². The molecule has 2 fully saturated rings. The van der Waals surface area contributed by atoms with E-state index in [2.05, 4.69) is 39.5 Å². The van der Waals surface area contributed by atoms with Gasteiger partial charge < -0.3 is 20.5 Å². The van der Waals surface area contributed by atoms with E-state index in [9.17, 15) is 4.79 Å². The van der Waals surface area contributed by atoms with E-state index in [1.807, 2.05) is 18.3 Å². The molecule has 0 unspecified atom stereocenters. The monoisotopic (exact) mass is 488 g/mol. The van der Waals surface area contributed by atoms with E-state index in [0.717, 1.165) is 67.8 Å². The number of aliphatic imine (C=N–C) groups is 1. The highest BCUT2D eigenvalue weighted by Crippen LogP contribution is 2.45. The number of aromatic nitrogens is 2. The Labute approximate surface area is 210 Å². The molecule has 1 saturated carbocycles. The van der Waals surface area contributed by atoms with Gasteiger partial charge in [-0.2, -0.15) is 0 Å². The van der Waals surface area contributed by atoms with Gasteiger partial charge in [0, 0.05) is 44.7 Å². The fourth-order valence-electron chi connectivity index (χ4n) is 5.84. The van der Waals surface area contributed by atoms with Crippen molar-refractivity contribution >= 4 is 23.6 Å². The number of nitrogens with two attached hydrogens (primary N) is 1. The maximum atomic E-state index is 12.2. The van der Waals surface area contributed by atoms with Gasteiger partial charge in [0.05, 0.1) is 24.8 Å². The molecule has 188 valence electrons. The fraction of sp³-hybridized carbons (Fsp3) is 0.481. The molecular weight excluding hydrogens is 456 g/mol. The van der Waals surface area contributed by atoms with E-state index < -0.39 is 0 Å². The molecule has 0 spiro atoms. The van der Waals surface area contributed by atoms with Crippen LogP contribution in [-0.4, -0.2) is 72.5 Å². The van der Waals surface area contributed by atoms with Gasteiger partial charge in [-0.05, 0) is 36.0 Å². The summed E-state index contributed by atoms with van der Waals surface area (Å²) in [5, 5.41) is 3.55. The lowest BCUT2D eigenvalue weighted by atomic mass is 9.88. The minimum atomic E-state index is -0.260. The summed E-state index contributed by atoms with van der Waals surface area (Å²) in [5.74, 6) is 2.25. The first-order chi connectivity index (χ1) is 17.6. The minimum absolute atomic E-state index is 0.0663. The zero-order valence-electron chi connectivity index (χ0n) is 20.3. The van der Waals surface area contributed by atoms with Crippen molar-refractivity contribution in [1.82, 2.24) is 14.9 Å². The van der Waals surface area contributed by atoms with Crippen LogP contribution in [0.25, 0.3) is 0 Å². The summed E-state index contributed by atoms with van der Waals surface area (Å²) in [5.41, 5.74) is 8.54. The molecule has 2 aliphatic carbocycles. The predicted octanol–water partition coefficient (Wildman–Crippen LogP) is 2.12. The molecular formula is C27H32N6O3. The molecule has 2 aromatic rings. The predicted molar refractivity (Wildman–Crippen MR) is 137 cm³/mol. The average Bonchev–Trinajstić information content (AvgIpc) is 3.62. The van der Waals surface area contributed by atoms with Gasteiger partial charge in [0.15, 0.2) is 5.82 Å². The highest BCUT2D eigenvalue weighted by Gasteiger charge is 2.47. The molecule has 36 heavy (non-hydrogen) atoms. The van der Waals surface area contributed by atoms with Crippen molar-refractivity contribution in [1.29, 1.82) is 0 Å². The summed E-state index contributed by atoms with van der Waals surface area (Å²) in [7, 11) is 0. The number of carbonyl (C=O) groups is 1. The lowest BCUT2D eigenvalue weighted by Crippen LogP contribution is -2.41. The Balaban J connectivity index is 1.16. The Kier molecular flexibility index (Phi) is 6.41. The van der Waals surface area contributed by atoms with Crippen LogP contribution in [0, 0.1) is 17.8 Å². The number of anilines is 1. The Morgan fingerprint density at radius 2 is 2.06 bits per heavy atom. The van der Waals surface area contributed by atoms with E-state index >= 15 is 0 Å². The number of hydrogen-bond acceptors (Lipinski definition) is 8.